The number of esters is 1. The molecule has 0 saturated heterocycles. The van der Waals surface area contributed by atoms with E-state index < -0.39 is 23.7 Å². The van der Waals surface area contributed by atoms with Crippen molar-refractivity contribution in [2.24, 2.45) is 0 Å². The fourth-order valence-electron chi connectivity index (χ4n) is 5.08. The number of methoxy groups -OCH3 is 1. The third-order valence-electron chi connectivity index (χ3n) is 6.85. The van der Waals surface area contributed by atoms with Crippen LogP contribution in [0.15, 0.2) is 54.6 Å². The second-order valence-corrected chi connectivity index (χ2v) is 9.09. The number of hydrogen-bond donors (Lipinski definition) is 0. The van der Waals surface area contributed by atoms with Crippen molar-refractivity contribution in [2.75, 3.05) is 13.7 Å². The quantitative estimate of drug-likeness (QED) is 0.285. The molecule has 1 aliphatic carbocycles. The van der Waals surface area contributed by atoms with Crippen LogP contribution in [-0.2, 0) is 28.5 Å². The lowest BCUT2D eigenvalue weighted by Crippen LogP contribution is -2.13. The third-order valence-corrected chi connectivity index (χ3v) is 6.85. The maximum absolute atomic E-state index is 13.9. The van der Waals surface area contributed by atoms with Gasteiger partial charge in [0.15, 0.2) is 0 Å². The Morgan fingerprint density at radius 3 is 2.53 bits per heavy atom. The van der Waals surface area contributed by atoms with Gasteiger partial charge in [0.05, 0.1) is 25.7 Å². The highest BCUT2D eigenvalue weighted by Gasteiger charge is 2.37. The van der Waals surface area contributed by atoms with Gasteiger partial charge in [-0.1, -0.05) is 24.3 Å². The molecule has 0 spiro atoms. The molecular formula is C28H24F4O4. The summed E-state index contributed by atoms with van der Waals surface area (Å²) in [7, 11) is 1.35. The predicted octanol–water partition coefficient (Wildman–Crippen LogP) is 6.54. The van der Waals surface area contributed by atoms with Gasteiger partial charge < -0.3 is 14.2 Å². The summed E-state index contributed by atoms with van der Waals surface area (Å²) in [6.07, 6.45) is -3.64. The zero-order chi connectivity index (χ0) is 25.4. The van der Waals surface area contributed by atoms with Crippen molar-refractivity contribution < 1.29 is 36.6 Å². The Balaban J connectivity index is 1.41. The van der Waals surface area contributed by atoms with Crippen LogP contribution in [0, 0.1) is 5.82 Å². The maximum atomic E-state index is 13.9. The van der Waals surface area contributed by atoms with Crippen molar-refractivity contribution in [3.63, 3.8) is 0 Å². The van der Waals surface area contributed by atoms with Crippen LogP contribution in [0.25, 0.3) is 0 Å². The minimum atomic E-state index is -4.50. The number of benzene rings is 3. The molecule has 8 heteroatoms. The first-order valence-corrected chi connectivity index (χ1v) is 11.7. The second kappa shape index (κ2) is 9.48. The van der Waals surface area contributed by atoms with E-state index in [2.05, 4.69) is 0 Å². The standard InChI is InChI=1S/C28H24F4O4/c1-34-27(33)13-17-15-35-26-14-19(6-7-20(17)26)36-25-11-9-21-22(25)8-10-24(28(30,31)32)23(21)12-16-2-4-18(29)5-3-16/h2-8,10,14,17,25H,9,11-13,15H2,1H3/t17-,25-/m1/s1. The number of alkyl halides is 3. The number of ether oxygens (including phenoxy) is 3. The average Bonchev–Trinajstić information content (AvgIpc) is 3.44. The molecule has 5 rings (SSSR count). The Bertz CT molecular complexity index is 1280. The molecule has 0 bridgehead atoms. The minimum absolute atomic E-state index is 0.0548. The molecular weight excluding hydrogens is 476 g/mol. The van der Waals surface area contributed by atoms with Crippen LogP contribution >= 0.6 is 0 Å². The zero-order valence-corrected chi connectivity index (χ0v) is 19.5. The van der Waals surface area contributed by atoms with E-state index in [-0.39, 0.29) is 30.3 Å². The molecule has 2 aliphatic rings. The van der Waals surface area contributed by atoms with E-state index in [9.17, 15) is 22.4 Å². The van der Waals surface area contributed by atoms with Crippen LogP contribution in [-0.4, -0.2) is 19.7 Å². The van der Waals surface area contributed by atoms with E-state index in [1.54, 1.807) is 12.1 Å². The summed E-state index contributed by atoms with van der Waals surface area (Å²) in [5.74, 6) is 0.336. The number of hydrogen-bond acceptors (Lipinski definition) is 4. The summed E-state index contributed by atoms with van der Waals surface area (Å²) in [4.78, 5) is 11.6. The first kappa shape index (κ1) is 24.2. The molecule has 188 valence electrons. The predicted molar refractivity (Wildman–Crippen MR) is 124 cm³/mol. The fourth-order valence-corrected chi connectivity index (χ4v) is 5.08. The van der Waals surface area contributed by atoms with Crippen molar-refractivity contribution in [3.05, 3.63) is 93.8 Å². The van der Waals surface area contributed by atoms with E-state index in [0.29, 0.717) is 42.1 Å². The highest BCUT2D eigenvalue weighted by atomic mass is 19.4. The van der Waals surface area contributed by atoms with Gasteiger partial charge in [-0.25, -0.2) is 4.39 Å². The Kier molecular flexibility index (Phi) is 6.36. The SMILES string of the molecule is COC(=O)C[C@@H]1COc2cc(O[C@@H]3CCc4c3ccc(C(F)(F)F)c4Cc3ccc(F)cc3)ccc21. The fraction of sp³-hybridized carbons (Fsp3) is 0.321. The van der Waals surface area contributed by atoms with Crippen molar-refractivity contribution in [2.45, 2.75) is 43.9 Å². The average molecular weight is 500 g/mol. The van der Waals surface area contributed by atoms with Gasteiger partial charge in [-0.05, 0) is 65.8 Å². The van der Waals surface area contributed by atoms with Crippen molar-refractivity contribution in [1.82, 2.24) is 0 Å². The van der Waals surface area contributed by atoms with Gasteiger partial charge >= 0.3 is 12.1 Å². The van der Waals surface area contributed by atoms with Gasteiger partial charge in [0.1, 0.15) is 23.4 Å². The molecule has 3 aromatic rings. The van der Waals surface area contributed by atoms with Crippen LogP contribution in [0.3, 0.4) is 0 Å². The number of carbonyl (C=O) groups excluding carboxylic acids is 1. The highest BCUT2D eigenvalue weighted by molar-refractivity contribution is 5.71. The van der Waals surface area contributed by atoms with Crippen LogP contribution in [0.1, 0.15) is 58.2 Å². The van der Waals surface area contributed by atoms with Gasteiger partial charge in [0.2, 0.25) is 0 Å². The lowest BCUT2D eigenvalue weighted by atomic mass is 9.92. The summed E-state index contributed by atoms with van der Waals surface area (Å²) >= 11 is 0. The van der Waals surface area contributed by atoms with Crippen molar-refractivity contribution >= 4 is 5.97 Å². The molecule has 0 fully saturated rings. The summed E-state index contributed by atoms with van der Waals surface area (Å²) < 4.78 is 71.6. The van der Waals surface area contributed by atoms with Gasteiger partial charge in [-0.15, -0.1) is 0 Å². The van der Waals surface area contributed by atoms with Gasteiger partial charge in [-0.3, -0.25) is 4.79 Å². The zero-order valence-electron chi connectivity index (χ0n) is 19.5. The lowest BCUT2D eigenvalue weighted by Gasteiger charge is -2.20. The largest absolute Gasteiger partial charge is 0.492 e. The first-order valence-electron chi connectivity index (χ1n) is 11.7. The highest BCUT2D eigenvalue weighted by Crippen LogP contribution is 2.44. The number of fused-ring (bicyclic) bond motifs is 2. The molecule has 3 aromatic carbocycles. The summed E-state index contributed by atoms with van der Waals surface area (Å²) in [6.45, 7) is 0.368. The third kappa shape index (κ3) is 4.76. The molecule has 4 nitrogen and oxygen atoms in total. The summed E-state index contributed by atoms with van der Waals surface area (Å²) in [6, 6.07) is 13.5. The van der Waals surface area contributed by atoms with Gasteiger partial charge in [0.25, 0.3) is 0 Å². The Morgan fingerprint density at radius 1 is 1.06 bits per heavy atom. The smallest absolute Gasteiger partial charge is 0.416 e. The van der Waals surface area contributed by atoms with Crippen molar-refractivity contribution in [3.8, 4) is 11.5 Å². The molecule has 0 N–H and O–H groups in total. The lowest BCUT2D eigenvalue weighted by molar-refractivity contribution is -0.141. The topological polar surface area (TPSA) is 44.8 Å². The molecule has 36 heavy (non-hydrogen) atoms. The normalized spacial score (nSPS) is 18.4. The van der Waals surface area contributed by atoms with Gasteiger partial charge in [-0.2, -0.15) is 13.2 Å². The van der Waals surface area contributed by atoms with Crippen molar-refractivity contribution in [1.29, 1.82) is 0 Å². The Hall–Kier alpha value is -3.55. The summed E-state index contributed by atoms with van der Waals surface area (Å²) in [5.41, 5.74) is 2.40. The maximum Gasteiger partial charge on any atom is 0.416 e. The molecule has 0 aromatic heterocycles. The number of rotatable bonds is 6. The molecule has 0 radical (unpaired) electrons. The van der Waals surface area contributed by atoms with E-state index in [0.717, 1.165) is 17.2 Å². The molecule has 0 amide bonds. The van der Waals surface area contributed by atoms with Crippen LogP contribution in [0.5, 0.6) is 11.5 Å². The molecule has 0 unspecified atom stereocenters. The molecule has 1 aliphatic heterocycles. The van der Waals surface area contributed by atoms with E-state index >= 15 is 0 Å². The van der Waals surface area contributed by atoms with Crippen LogP contribution < -0.4 is 9.47 Å². The minimum Gasteiger partial charge on any atom is -0.492 e. The first-order chi connectivity index (χ1) is 17.2. The molecule has 2 atom stereocenters. The molecule has 1 heterocycles. The Labute approximate surface area is 205 Å². The molecule has 0 saturated carbocycles. The van der Waals surface area contributed by atoms with E-state index in [1.165, 1.54) is 37.4 Å². The monoisotopic (exact) mass is 500 g/mol. The van der Waals surface area contributed by atoms with E-state index in [1.807, 2.05) is 6.07 Å². The number of carbonyl (C=O) groups is 1. The summed E-state index contributed by atoms with van der Waals surface area (Å²) in [5, 5.41) is 0. The van der Waals surface area contributed by atoms with E-state index in [4.69, 9.17) is 14.2 Å². The van der Waals surface area contributed by atoms with Crippen LogP contribution in [0.2, 0.25) is 0 Å². The number of halogens is 4. The Morgan fingerprint density at radius 2 is 1.81 bits per heavy atom. The van der Waals surface area contributed by atoms with Crippen LogP contribution in [0.4, 0.5) is 17.6 Å². The van der Waals surface area contributed by atoms with Gasteiger partial charge in [0, 0.05) is 17.5 Å². The second-order valence-electron chi connectivity index (χ2n) is 9.09.